The van der Waals surface area contributed by atoms with Crippen LogP contribution < -0.4 is 4.74 Å². The van der Waals surface area contributed by atoms with Gasteiger partial charge in [-0.1, -0.05) is 24.6 Å². The van der Waals surface area contributed by atoms with E-state index in [0.29, 0.717) is 5.92 Å². The molecule has 3 nitrogen and oxygen atoms in total. The predicted molar refractivity (Wildman–Crippen MR) is 70.7 cm³/mol. The second-order valence-electron chi connectivity index (χ2n) is 4.77. The fourth-order valence-electron chi connectivity index (χ4n) is 2.03. The summed E-state index contributed by atoms with van der Waals surface area (Å²) in [5.74, 6) is 0.532. The number of benzene rings is 1. The minimum Gasteiger partial charge on any atom is -0.492 e. The van der Waals surface area contributed by atoms with Crippen LogP contribution in [0.4, 0.5) is 0 Å². The lowest BCUT2D eigenvalue weighted by molar-refractivity contribution is -0.131. The van der Waals surface area contributed by atoms with Gasteiger partial charge < -0.3 is 9.84 Å². The molecule has 0 heterocycles. The van der Waals surface area contributed by atoms with Crippen LogP contribution in [0, 0.1) is 12.8 Å². The smallest absolute Gasteiger partial charge is 0.328 e. The van der Waals surface area contributed by atoms with Gasteiger partial charge >= 0.3 is 5.97 Å². The zero-order valence-corrected chi connectivity index (χ0v) is 10.6. The van der Waals surface area contributed by atoms with Gasteiger partial charge in [-0.15, -0.1) is 0 Å². The molecule has 0 aromatic heterocycles. The molecule has 1 N–H and O–H groups in total. The maximum atomic E-state index is 10.6. The first-order valence-corrected chi connectivity index (χ1v) is 6.30. The van der Waals surface area contributed by atoms with Gasteiger partial charge in [-0.25, -0.2) is 4.79 Å². The minimum absolute atomic E-state index is 0.668. The van der Waals surface area contributed by atoms with Crippen LogP contribution in [0.1, 0.15) is 30.4 Å². The van der Waals surface area contributed by atoms with Gasteiger partial charge in [0.15, 0.2) is 0 Å². The van der Waals surface area contributed by atoms with E-state index in [9.17, 15) is 4.79 Å². The third-order valence-corrected chi connectivity index (χ3v) is 3.34. The molecule has 0 saturated heterocycles. The molecule has 0 atom stereocenters. The van der Waals surface area contributed by atoms with Gasteiger partial charge in [0.2, 0.25) is 0 Å². The topological polar surface area (TPSA) is 46.5 Å². The van der Waals surface area contributed by atoms with Crippen LogP contribution in [-0.4, -0.2) is 17.7 Å². The summed E-state index contributed by atoms with van der Waals surface area (Å²) in [6, 6.07) is 5.77. The fourth-order valence-corrected chi connectivity index (χ4v) is 2.03. The quantitative estimate of drug-likeness (QED) is 0.811. The molecule has 1 aliphatic rings. The summed E-state index contributed by atoms with van der Waals surface area (Å²) < 4.78 is 5.86. The highest BCUT2D eigenvalue weighted by Crippen LogP contribution is 2.30. The summed E-state index contributed by atoms with van der Waals surface area (Å²) in [5.41, 5.74) is 1.87. The van der Waals surface area contributed by atoms with E-state index in [1.807, 2.05) is 25.1 Å². The van der Waals surface area contributed by atoms with E-state index in [-0.39, 0.29) is 0 Å². The van der Waals surface area contributed by atoms with E-state index in [2.05, 4.69) is 0 Å². The number of hydrogen-bond acceptors (Lipinski definition) is 2. The molecule has 0 radical (unpaired) electrons. The molecule has 2 rings (SSSR count). The van der Waals surface area contributed by atoms with Crippen molar-refractivity contribution in [3.8, 4) is 5.75 Å². The van der Waals surface area contributed by atoms with Crippen LogP contribution in [0.15, 0.2) is 24.3 Å². The number of carbonyl (C=O) groups is 1. The average Bonchev–Trinajstić information content (AvgIpc) is 2.26. The summed E-state index contributed by atoms with van der Waals surface area (Å²) in [7, 11) is 0. The Hall–Kier alpha value is -1.77. The molecule has 3 heteroatoms. The van der Waals surface area contributed by atoms with Crippen molar-refractivity contribution >= 4 is 12.0 Å². The van der Waals surface area contributed by atoms with Crippen molar-refractivity contribution < 1.29 is 14.6 Å². The molecule has 1 aliphatic carbocycles. The summed E-state index contributed by atoms with van der Waals surface area (Å²) in [6.45, 7) is 2.72. The van der Waals surface area contributed by atoms with Crippen molar-refractivity contribution in [2.45, 2.75) is 26.2 Å². The van der Waals surface area contributed by atoms with Crippen molar-refractivity contribution in [1.29, 1.82) is 0 Å². The monoisotopic (exact) mass is 246 g/mol. The van der Waals surface area contributed by atoms with E-state index < -0.39 is 5.97 Å². The second kappa shape index (κ2) is 5.71. The van der Waals surface area contributed by atoms with Crippen LogP contribution in [0.2, 0.25) is 0 Å². The lowest BCUT2D eigenvalue weighted by Gasteiger charge is -2.26. The summed E-state index contributed by atoms with van der Waals surface area (Å²) in [6.07, 6.45) is 6.52. The number of para-hydroxylation sites is 1. The van der Waals surface area contributed by atoms with Crippen LogP contribution in [0.5, 0.6) is 5.75 Å². The Morgan fingerprint density at radius 1 is 1.50 bits per heavy atom. The lowest BCUT2D eigenvalue weighted by atomic mass is 9.86. The number of carboxylic acid groups (broad SMARTS) is 1. The molecule has 0 spiro atoms. The van der Waals surface area contributed by atoms with Crippen molar-refractivity contribution in [1.82, 2.24) is 0 Å². The SMILES string of the molecule is Cc1cccc(/C=C/C(=O)O)c1OCC1CCC1. The Balaban J connectivity index is 2.12. The lowest BCUT2D eigenvalue weighted by Crippen LogP contribution is -2.19. The zero-order chi connectivity index (χ0) is 13.0. The van der Waals surface area contributed by atoms with Gasteiger partial charge in [0.1, 0.15) is 5.75 Å². The van der Waals surface area contributed by atoms with Crippen LogP contribution in [0.3, 0.4) is 0 Å². The normalized spacial score (nSPS) is 15.6. The Labute approximate surface area is 107 Å². The van der Waals surface area contributed by atoms with Crippen LogP contribution >= 0.6 is 0 Å². The number of aryl methyl sites for hydroxylation is 1. The summed E-state index contributed by atoms with van der Waals surface area (Å²) >= 11 is 0. The standard InChI is InChI=1S/C15H18O3/c1-11-4-2-7-13(8-9-14(16)17)15(11)18-10-12-5-3-6-12/h2,4,7-9,12H,3,5-6,10H2,1H3,(H,16,17)/b9-8+. The highest BCUT2D eigenvalue weighted by molar-refractivity contribution is 5.86. The Kier molecular flexibility index (Phi) is 4.03. The molecule has 0 unspecified atom stereocenters. The molecule has 1 fully saturated rings. The van der Waals surface area contributed by atoms with E-state index in [4.69, 9.17) is 9.84 Å². The fraction of sp³-hybridized carbons (Fsp3) is 0.400. The molecule has 18 heavy (non-hydrogen) atoms. The molecule has 1 aromatic rings. The van der Waals surface area contributed by atoms with Gasteiger partial charge in [-0.05, 0) is 37.3 Å². The third kappa shape index (κ3) is 3.13. The number of rotatable bonds is 5. The Bertz CT molecular complexity index is 459. The maximum Gasteiger partial charge on any atom is 0.328 e. The van der Waals surface area contributed by atoms with E-state index in [1.54, 1.807) is 6.08 Å². The van der Waals surface area contributed by atoms with Crippen molar-refractivity contribution in [2.24, 2.45) is 5.92 Å². The molecule has 0 bridgehead atoms. The van der Waals surface area contributed by atoms with Crippen molar-refractivity contribution in [3.05, 3.63) is 35.4 Å². The summed E-state index contributed by atoms with van der Waals surface area (Å²) in [4.78, 5) is 10.6. The van der Waals surface area contributed by atoms with Crippen molar-refractivity contribution in [3.63, 3.8) is 0 Å². The Morgan fingerprint density at radius 2 is 2.28 bits per heavy atom. The third-order valence-electron chi connectivity index (χ3n) is 3.34. The largest absolute Gasteiger partial charge is 0.492 e. The van der Waals surface area contributed by atoms with Crippen LogP contribution in [-0.2, 0) is 4.79 Å². The molecule has 1 aromatic carbocycles. The molecular weight excluding hydrogens is 228 g/mol. The number of hydrogen-bond donors (Lipinski definition) is 1. The van der Waals surface area contributed by atoms with Crippen LogP contribution in [0.25, 0.3) is 6.08 Å². The number of ether oxygens (including phenoxy) is 1. The first kappa shape index (κ1) is 12.7. The predicted octanol–water partition coefficient (Wildman–Crippen LogP) is 3.27. The van der Waals surface area contributed by atoms with Gasteiger partial charge in [-0.3, -0.25) is 0 Å². The zero-order valence-electron chi connectivity index (χ0n) is 10.6. The van der Waals surface area contributed by atoms with Gasteiger partial charge in [0, 0.05) is 11.6 Å². The number of aliphatic carboxylic acids is 1. The van der Waals surface area contributed by atoms with E-state index >= 15 is 0 Å². The first-order chi connectivity index (χ1) is 8.66. The number of carboxylic acids is 1. The average molecular weight is 246 g/mol. The Morgan fingerprint density at radius 3 is 2.89 bits per heavy atom. The molecule has 0 amide bonds. The molecule has 0 aliphatic heterocycles. The van der Waals surface area contributed by atoms with Gasteiger partial charge in [0.25, 0.3) is 0 Å². The molecular formula is C15H18O3. The first-order valence-electron chi connectivity index (χ1n) is 6.30. The van der Waals surface area contributed by atoms with Gasteiger partial charge in [-0.2, -0.15) is 0 Å². The maximum absolute atomic E-state index is 10.6. The highest BCUT2D eigenvalue weighted by Gasteiger charge is 2.18. The van der Waals surface area contributed by atoms with Crippen molar-refractivity contribution in [2.75, 3.05) is 6.61 Å². The van der Waals surface area contributed by atoms with Gasteiger partial charge in [0.05, 0.1) is 6.61 Å². The minimum atomic E-state index is -0.943. The summed E-state index contributed by atoms with van der Waals surface area (Å²) in [5, 5.41) is 8.67. The van der Waals surface area contributed by atoms with E-state index in [1.165, 1.54) is 19.3 Å². The second-order valence-corrected chi connectivity index (χ2v) is 4.77. The highest BCUT2D eigenvalue weighted by atomic mass is 16.5. The molecule has 96 valence electrons. The molecule has 1 saturated carbocycles. The van der Waals surface area contributed by atoms with E-state index in [0.717, 1.165) is 29.6 Å².